The molecule has 3 aromatic rings. The fourth-order valence-electron chi connectivity index (χ4n) is 2.04. The summed E-state index contributed by atoms with van der Waals surface area (Å²) in [6.45, 7) is 3.84. The van der Waals surface area contributed by atoms with E-state index in [0.717, 1.165) is 11.1 Å². The summed E-state index contributed by atoms with van der Waals surface area (Å²) in [7, 11) is 0. The van der Waals surface area contributed by atoms with Crippen LogP contribution in [0.4, 0.5) is 0 Å². The van der Waals surface area contributed by atoms with E-state index >= 15 is 0 Å². The lowest BCUT2D eigenvalue weighted by Gasteiger charge is -2.03. The predicted octanol–water partition coefficient (Wildman–Crippen LogP) is 1.59. The molecule has 1 aromatic carbocycles. The molecule has 0 aliphatic carbocycles. The minimum Gasteiger partial charge on any atom is -0.452 e. The molecule has 6 heteroatoms. The maximum atomic E-state index is 12.1. The quantitative estimate of drug-likeness (QED) is 0.700. The summed E-state index contributed by atoms with van der Waals surface area (Å²) < 4.78 is 5.66. The highest BCUT2D eigenvalue weighted by Gasteiger charge is 2.12. The Morgan fingerprint density at radius 3 is 2.78 bits per heavy atom. The first-order valence-electron chi connectivity index (χ1n) is 5.44. The van der Waals surface area contributed by atoms with Crippen molar-refractivity contribution in [1.82, 2.24) is 20.6 Å². The lowest BCUT2D eigenvalue weighted by atomic mass is 10.1. The van der Waals surface area contributed by atoms with Crippen LogP contribution in [0.25, 0.3) is 22.6 Å². The summed E-state index contributed by atoms with van der Waals surface area (Å²) >= 11 is 0. The van der Waals surface area contributed by atoms with Crippen molar-refractivity contribution in [2.45, 2.75) is 13.8 Å². The molecule has 90 valence electrons. The molecule has 0 saturated heterocycles. The second-order valence-corrected chi connectivity index (χ2v) is 4.17. The van der Waals surface area contributed by atoms with Crippen LogP contribution < -0.4 is 5.43 Å². The molecule has 0 aliphatic rings. The number of rotatable bonds is 1. The van der Waals surface area contributed by atoms with E-state index in [9.17, 15) is 4.79 Å². The van der Waals surface area contributed by atoms with Crippen molar-refractivity contribution in [3.05, 3.63) is 39.5 Å². The zero-order chi connectivity index (χ0) is 12.7. The molecule has 6 nitrogen and oxygen atoms in total. The Kier molecular flexibility index (Phi) is 2.22. The van der Waals surface area contributed by atoms with Gasteiger partial charge in [0.25, 0.3) is 0 Å². The number of hydrogen-bond acceptors (Lipinski definition) is 5. The van der Waals surface area contributed by atoms with Crippen molar-refractivity contribution >= 4 is 11.0 Å². The molecule has 0 radical (unpaired) electrons. The van der Waals surface area contributed by atoms with Gasteiger partial charge in [0, 0.05) is 6.07 Å². The van der Waals surface area contributed by atoms with Crippen LogP contribution in [-0.4, -0.2) is 20.6 Å². The topological polar surface area (TPSA) is 84.7 Å². The number of benzene rings is 1. The summed E-state index contributed by atoms with van der Waals surface area (Å²) in [4.78, 5) is 12.1. The van der Waals surface area contributed by atoms with E-state index in [1.807, 2.05) is 26.0 Å². The monoisotopic (exact) mass is 242 g/mol. The third kappa shape index (κ3) is 1.58. The Bertz CT molecular complexity index is 775. The molecule has 0 saturated carbocycles. The van der Waals surface area contributed by atoms with E-state index in [0.29, 0.717) is 16.7 Å². The summed E-state index contributed by atoms with van der Waals surface area (Å²) in [6, 6.07) is 5.16. The number of aromatic amines is 1. The van der Waals surface area contributed by atoms with Gasteiger partial charge in [-0.3, -0.25) is 4.79 Å². The largest absolute Gasteiger partial charge is 0.452 e. The molecule has 2 aromatic heterocycles. The minimum atomic E-state index is -0.103. The lowest BCUT2D eigenvalue weighted by Crippen LogP contribution is -2.03. The molecule has 1 N–H and O–H groups in total. The third-order valence-electron chi connectivity index (χ3n) is 2.74. The number of aryl methyl sites for hydroxylation is 2. The third-order valence-corrected chi connectivity index (χ3v) is 2.74. The van der Waals surface area contributed by atoms with Crippen molar-refractivity contribution in [3.8, 4) is 11.6 Å². The molecule has 0 amide bonds. The zero-order valence-corrected chi connectivity index (χ0v) is 9.89. The summed E-state index contributed by atoms with van der Waals surface area (Å²) in [5.74, 6) is 0.583. The van der Waals surface area contributed by atoms with Gasteiger partial charge in [-0.15, -0.1) is 10.2 Å². The van der Waals surface area contributed by atoms with Crippen molar-refractivity contribution in [1.29, 1.82) is 0 Å². The van der Waals surface area contributed by atoms with Gasteiger partial charge in [-0.05, 0) is 36.3 Å². The van der Waals surface area contributed by atoms with Crippen LogP contribution in [0, 0.1) is 13.8 Å². The highest BCUT2D eigenvalue weighted by atomic mass is 16.3. The van der Waals surface area contributed by atoms with E-state index in [1.54, 1.807) is 0 Å². The van der Waals surface area contributed by atoms with Crippen molar-refractivity contribution in [2.75, 3.05) is 0 Å². The smallest absolute Gasteiger partial charge is 0.239 e. The number of hydrogen-bond donors (Lipinski definition) is 1. The van der Waals surface area contributed by atoms with Crippen molar-refractivity contribution < 1.29 is 4.42 Å². The van der Waals surface area contributed by atoms with Gasteiger partial charge in [-0.1, -0.05) is 6.07 Å². The van der Waals surface area contributed by atoms with Crippen LogP contribution in [0.2, 0.25) is 0 Å². The fraction of sp³-hybridized carbons (Fsp3) is 0.167. The molecule has 3 rings (SSSR count). The zero-order valence-electron chi connectivity index (χ0n) is 9.89. The summed E-state index contributed by atoms with van der Waals surface area (Å²) in [5, 5.41) is 14.0. The Labute approximate surface area is 102 Å². The van der Waals surface area contributed by atoms with Crippen LogP contribution in [0.1, 0.15) is 11.1 Å². The van der Waals surface area contributed by atoms with E-state index in [4.69, 9.17) is 4.42 Å². The van der Waals surface area contributed by atoms with Crippen molar-refractivity contribution in [2.24, 2.45) is 0 Å². The number of aromatic nitrogens is 4. The van der Waals surface area contributed by atoms with Crippen LogP contribution in [0.3, 0.4) is 0 Å². The van der Waals surface area contributed by atoms with Gasteiger partial charge in [0.2, 0.25) is 5.82 Å². The van der Waals surface area contributed by atoms with Gasteiger partial charge >= 0.3 is 0 Å². The van der Waals surface area contributed by atoms with Gasteiger partial charge in [0.05, 0.1) is 5.39 Å². The number of tetrazole rings is 1. The molecular formula is C12H10N4O2. The molecule has 2 heterocycles. The number of nitrogens with one attached hydrogen (secondary N) is 1. The average molecular weight is 242 g/mol. The Balaban J connectivity index is 2.37. The summed E-state index contributed by atoms with van der Waals surface area (Å²) in [6.07, 6.45) is 0. The van der Waals surface area contributed by atoms with Crippen molar-refractivity contribution in [3.63, 3.8) is 0 Å². The van der Waals surface area contributed by atoms with Crippen LogP contribution in [-0.2, 0) is 0 Å². The Hall–Kier alpha value is -2.50. The summed E-state index contributed by atoms with van der Waals surface area (Å²) in [5.41, 5.74) is 2.38. The molecule has 0 unspecified atom stereocenters. The van der Waals surface area contributed by atoms with Crippen LogP contribution >= 0.6 is 0 Å². The van der Waals surface area contributed by atoms with Crippen LogP contribution in [0.15, 0.2) is 27.4 Å². The number of fused-ring (bicyclic) bond motifs is 1. The molecule has 0 fully saturated rings. The number of nitrogens with zero attached hydrogens (tertiary/aromatic N) is 3. The first kappa shape index (κ1) is 10.6. The van der Waals surface area contributed by atoms with Gasteiger partial charge < -0.3 is 4.42 Å². The molecule has 0 aliphatic heterocycles. The first-order chi connectivity index (χ1) is 8.65. The fourth-order valence-corrected chi connectivity index (χ4v) is 2.04. The van der Waals surface area contributed by atoms with E-state index in [2.05, 4.69) is 20.6 Å². The van der Waals surface area contributed by atoms with Gasteiger partial charge in [-0.25, -0.2) is 0 Å². The molecule has 0 spiro atoms. The van der Waals surface area contributed by atoms with E-state index in [1.165, 1.54) is 6.07 Å². The molecule has 0 bridgehead atoms. The molecule has 18 heavy (non-hydrogen) atoms. The highest BCUT2D eigenvalue weighted by Crippen LogP contribution is 2.21. The van der Waals surface area contributed by atoms with Gasteiger partial charge in [-0.2, -0.15) is 5.21 Å². The molecule has 0 atom stereocenters. The Morgan fingerprint density at radius 1 is 1.22 bits per heavy atom. The maximum Gasteiger partial charge on any atom is 0.239 e. The SMILES string of the molecule is Cc1cc(C)c2c(=O)cc(-c3nn[nH]n3)oc2c1. The normalized spacial score (nSPS) is 11.0. The maximum absolute atomic E-state index is 12.1. The second-order valence-electron chi connectivity index (χ2n) is 4.17. The molecular weight excluding hydrogens is 232 g/mol. The number of H-pyrrole nitrogens is 1. The Morgan fingerprint density at radius 2 is 2.06 bits per heavy atom. The standard InChI is InChI=1S/C12H10N4O2/c1-6-3-7(2)11-8(17)5-10(18-9(11)4-6)12-13-15-16-14-12/h3-5H,1-2H3,(H,13,14,15,16). The minimum absolute atomic E-state index is 0.103. The van der Waals surface area contributed by atoms with Gasteiger partial charge in [0.1, 0.15) is 5.58 Å². The lowest BCUT2D eigenvalue weighted by molar-refractivity contribution is 0.612. The van der Waals surface area contributed by atoms with E-state index < -0.39 is 0 Å². The van der Waals surface area contributed by atoms with Crippen LogP contribution in [0.5, 0.6) is 0 Å². The highest BCUT2D eigenvalue weighted by molar-refractivity contribution is 5.82. The second kappa shape index (κ2) is 3.76. The van der Waals surface area contributed by atoms with E-state index in [-0.39, 0.29) is 11.3 Å². The first-order valence-corrected chi connectivity index (χ1v) is 5.44. The average Bonchev–Trinajstić information content (AvgIpc) is 2.80. The van der Waals surface area contributed by atoms with Gasteiger partial charge in [0.15, 0.2) is 11.2 Å². The predicted molar refractivity (Wildman–Crippen MR) is 65.1 cm³/mol.